The molecule has 0 aromatic carbocycles. The highest BCUT2D eigenvalue weighted by atomic mass is 32.2. The van der Waals surface area contributed by atoms with Crippen molar-refractivity contribution in [1.82, 2.24) is 14.8 Å². The summed E-state index contributed by atoms with van der Waals surface area (Å²) in [6.45, 7) is 0. The number of carbonyl (C=O) groups is 1. The van der Waals surface area contributed by atoms with Crippen LogP contribution in [0.15, 0.2) is 5.16 Å². The smallest absolute Gasteiger partial charge is 0.217 e. The number of hydrogen-bond acceptors (Lipinski definition) is 4. The van der Waals surface area contributed by atoms with Crippen molar-refractivity contribution in [2.24, 2.45) is 36.0 Å². The quantitative estimate of drug-likeness (QED) is 0.769. The summed E-state index contributed by atoms with van der Waals surface area (Å²) < 4.78 is 2.02. The van der Waals surface area contributed by atoms with Crippen LogP contribution in [0.1, 0.15) is 57.2 Å². The molecule has 5 nitrogen and oxygen atoms in total. The molecule has 6 heteroatoms. The van der Waals surface area contributed by atoms with Crippen LogP contribution in [0.2, 0.25) is 0 Å². The molecule has 24 heavy (non-hydrogen) atoms. The zero-order valence-corrected chi connectivity index (χ0v) is 15.4. The van der Waals surface area contributed by atoms with Crippen molar-refractivity contribution in [2.45, 2.75) is 62.9 Å². The predicted molar refractivity (Wildman–Crippen MR) is 94.5 cm³/mol. The van der Waals surface area contributed by atoms with Gasteiger partial charge < -0.3 is 10.3 Å². The van der Waals surface area contributed by atoms with Gasteiger partial charge in [0.05, 0.1) is 0 Å². The van der Waals surface area contributed by atoms with Gasteiger partial charge in [0.2, 0.25) is 5.91 Å². The minimum absolute atomic E-state index is 0.283. The molecule has 132 valence electrons. The fourth-order valence-electron chi connectivity index (χ4n) is 5.88. The zero-order chi connectivity index (χ0) is 16.7. The molecular formula is C18H28N4OS. The van der Waals surface area contributed by atoms with E-state index in [-0.39, 0.29) is 5.91 Å². The Morgan fingerprint density at radius 2 is 1.83 bits per heavy atom. The first kappa shape index (κ1) is 16.4. The summed E-state index contributed by atoms with van der Waals surface area (Å²) in [5.74, 6) is 4.78. The second kappa shape index (κ2) is 6.36. The van der Waals surface area contributed by atoms with E-state index in [4.69, 9.17) is 5.73 Å². The van der Waals surface area contributed by atoms with Crippen molar-refractivity contribution < 1.29 is 4.79 Å². The Morgan fingerprint density at radius 1 is 1.21 bits per heavy atom. The molecule has 0 unspecified atom stereocenters. The maximum Gasteiger partial charge on any atom is 0.217 e. The number of rotatable bonds is 7. The second-order valence-corrected chi connectivity index (χ2v) is 9.50. The van der Waals surface area contributed by atoms with Crippen LogP contribution in [-0.4, -0.2) is 26.4 Å². The Hall–Kier alpha value is -1.04. The number of amides is 1. The van der Waals surface area contributed by atoms with E-state index in [0.29, 0.717) is 18.3 Å². The predicted octanol–water partition coefficient (Wildman–Crippen LogP) is 2.93. The molecule has 4 bridgehead atoms. The van der Waals surface area contributed by atoms with E-state index in [2.05, 4.69) is 10.2 Å². The topological polar surface area (TPSA) is 73.8 Å². The fraction of sp³-hybridized carbons (Fsp3) is 0.833. The van der Waals surface area contributed by atoms with E-state index in [9.17, 15) is 4.79 Å². The lowest BCUT2D eigenvalue weighted by Gasteiger charge is -2.57. The van der Waals surface area contributed by atoms with Gasteiger partial charge in [0.1, 0.15) is 5.82 Å². The van der Waals surface area contributed by atoms with Gasteiger partial charge >= 0.3 is 0 Å². The van der Waals surface area contributed by atoms with E-state index in [0.717, 1.165) is 34.5 Å². The van der Waals surface area contributed by atoms with Crippen LogP contribution < -0.4 is 5.73 Å². The molecule has 2 N–H and O–H groups in total. The molecule has 0 aliphatic heterocycles. The highest BCUT2D eigenvalue weighted by molar-refractivity contribution is 7.99. The third kappa shape index (κ3) is 3.22. The molecule has 1 heterocycles. The number of aromatic nitrogens is 3. The Balaban J connectivity index is 1.32. The standard InChI is InChI=1S/C18H28N4OS/c1-22-16(3-2-15(19)23)20-21-17(22)24-5-4-18-9-12-6-13(10-18)8-14(7-12)11-18/h12-14H,2-11H2,1H3,(H2,19,23). The zero-order valence-electron chi connectivity index (χ0n) is 14.5. The number of primary amides is 1. The number of aryl methyl sites for hydroxylation is 1. The summed E-state index contributed by atoms with van der Waals surface area (Å²) in [5, 5.41) is 9.49. The van der Waals surface area contributed by atoms with Crippen LogP contribution in [0.5, 0.6) is 0 Å². The molecule has 4 fully saturated rings. The van der Waals surface area contributed by atoms with Crippen molar-refractivity contribution in [3.63, 3.8) is 0 Å². The summed E-state index contributed by atoms with van der Waals surface area (Å²) >= 11 is 1.82. The van der Waals surface area contributed by atoms with Crippen molar-refractivity contribution in [3.05, 3.63) is 5.82 Å². The van der Waals surface area contributed by atoms with Gasteiger partial charge in [0.15, 0.2) is 5.16 Å². The Morgan fingerprint density at radius 3 is 2.42 bits per heavy atom. The van der Waals surface area contributed by atoms with Gasteiger partial charge in [-0.1, -0.05) is 11.8 Å². The fourth-order valence-corrected chi connectivity index (χ4v) is 6.99. The number of carbonyl (C=O) groups excluding carboxylic acids is 1. The lowest BCUT2D eigenvalue weighted by molar-refractivity contribution is -0.118. The first-order chi connectivity index (χ1) is 11.5. The third-order valence-electron chi connectivity index (χ3n) is 6.55. The first-order valence-corrected chi connectivity index (χ1v) is 10.3. The van der Waals surface area contributed by atoms with Crippen LogP contribution in [-0.2, 0) is 18.3 Å². The van der Waals surface area contributed by atoms with Gasteiger partial charge in [-0.25, -0.2) is 0 Å². The van der Waals surface area contributed by atoms with Gasteiger partial charge in [0.25, 0.3) is 0 Å². The largest absolute Gasteiger partial charge is 0.370 e. The summed E-state index contributed by atoms with van der Waals surface area (Å²) in [5.41, 5.74) is 5.85. The van der Waals surface area contributed by atoms with E-state index in [1.165, 1.54) is 44.9 Å². The average molecular weight is 349 g/mol. The molecular weight excluding hydrogens is 320 g/mol. The van der Waals surface area contributed by atoms with Gasteiger partial charge in [-0.3, -0.25) is 4.79 Å². The second-order valence-electron chi connectivity index (χ2n) is 8.44. The minimum Gasteiger partial charge on any atom is -0.370 e. The Kier molecular flexibility index (Phi) is 4.35. The molecule has 1 aromatic heterocycles. The van der Waals surface area contributed by atoms with E-state index in [1.54, 1.807) is 0 Å². The summed E-state index contributed by atoms with van der Waals surface area (Å²) in [6.07, 6.45) is 11.2. The first-order valence-electron chi connectivity index (χ1n) is 9.32. The molecule has 1 amide bonds. The van der Waals surface area contributed by atoms with E-state index < -0.39 is 0 Å². The van der Waals surface area contributed by atoms with Gasteiger partial charge in [-0.05, 0) is 68.1 Å². The molecule has 1 aromatic rings. The molecule has 4 saturated carbocycles. The Bertz CT molecular complexity index is 591. The van der Waals surface area contributed by atoms with Crippen molar-refractivity contribution in [1.29, 1.82) is 0 Å². The number of hydrogen-bond donors (Lipinski definition) is 1. The minimum atomic E-state index is -0.283. The lowest BCUT2D eigenvalue weighted by Crippen LogP contribution is -2.46. The maximum absolute atomic E-state index is 10.9. The number of thioether (sulfide) groups is 1. The van der Waals surface area contributed by atoms with E-state index >= 15 is 0 Å². The van der Waals surface area contributed by atoms with Gasteiger partial charge in [-0.2, -0.15) is 0 Å². The monoisotopic (exact) mass is 348 g/mol. The number of nitrogens with zero attached hydrogens (tertiary/aromatic N) is 3. The number of nitrogens with two attached hydrogens (primary N) is 1. The van der Waals surface area contributed by atoms with Gasteiger partial charge in [-0.15, -0.1) is 10.2 Å². The SMILES string of the molecule is Cn1c(CCC(N)=O)nnc1SCCC12CC3CC(CC(C3)C1)C2. The van der Waals surface area contributed by atoms with E-state index in [1.807, 2.05) is 23.4 Å². The average Bonchev–Trinajstić information content (AvgIpc) is 2.84. The highest BCUT2D eigenvalue weighted by Gasteiger charge is 2.50. The molecule has 5 rings (SSSR count). The highest BCUT2D eigenvalue weighted by Crippen LogP contribution is 2.61. The van der Waals surface area contributed by atoms with Crippen LogP contribution in [0.4, 0.5) is 0 Å². The summed E-state index contributed by atoms with van der Waals surface area (Å²) in [6, 6.07) is 0. The molecule has 0 spiro atoms. The molecule has 0 radical (unpaired) electrons. The molecule has 4 aliphatic carbocycles. The maximum atomic E-state index is 10.9. The molecule has 0 atom stereocenters. The van der Waals surface area contributed by atoms with Crippen molar-refractivity contribution >= 4 is 17.7 Å². The summed E-state index contributed by atoms with van der Waals surface area (Å²) in [4.78, 5) is 10.9. The van der Waals surface area contributed by atoms with Crippen molar-refractivity contribution in [2.75, 3.05) is 5.75 Å². The van der Waals surface area contributed by atoms with Gasteiger partial charge in [0, 0.05) is 25.6 Å². The molecule has 0 saturated heterocycles. The lowest BCUT2D eigenvalue weighted by atomic mass is 9.49. The molecule has 4 aliphatic rings. The Labute approximate surface area is 148 Å². The van der Waals surface area contributed by atoms with Crippen molar-refractivity contribution in [3.8, 4) is 0 Å². The normalized spacial score (nSPS) is 34.0. The van der Waals surface area contributed by atoms with Crippen LogP contribution >= 0.6 is 11.8 Å². The third-order valence-corrected chi connectivity index (χ3v) is 7.57. The van der Waals surface area contributed by atoms with Crippen LogP contribution in [0.25, 0.3) is 0 Å². The summed E-state index contributed by atoms with van der Waals surface area (Å²) in [7, 11) is 1.99. The van der Waals surface area contributed by atoms with Crippen LogP contribution in [0, 0.1) is 23.2 Å². The van der Waals surface area contributed by atoms with Crippen LogP contribution in [0.3, 0.4) is 0 Å².